The third-order valence-electron chi connectivity index (χ3n) is 2.05. The van der Waals surface area contributed by atoms with Gasteiger partial charge in [0, 0.05) is 12.2 Å². The Labute approximate surface area is 110 Å². The van der Waals surface area contributed by atoms with Crippen LogP contribution in [0.2, 0.25) is 0 Å². The molecule has 0 fully saturated rings. The number of carbonyl (C=O) groups excluding carboxylic acids is 2. The first-order valence-electron chi connectivity index (χ1n) is 5.58. The average molecular weight is 274 g/mol. The predicted octanol–water partition coefficient (Wildman–Crippen LogP) is -1.35. The Bertz CT molecular complexity index is 323. The minimum Gasteiger partial charge on any atom is -0.390 e. The molecule has 0 bridgehead atoms. The summed E-state index contributed by atoms with van der Waals surface area (Å²) in [6, 6.07) is 0. The normalized spacial score (nSPS) is 18.2. The van der Waals surface area contributed by atoms with Crippen LogP contribution in [0.15, 0.2) is 24.3 Å². The van der Waals surface area contributed by atoms with Gasteiger partial charge in [0.1, 0.15) is 0 Å². The van der Waals surface area contributed by atoms with Crippen molar-refractivity contribution in [2.24, 2.45) is 0 Å². The molecule has 19 heavy (non-hydrogen) atoms. The Hall–Kier alpha value is -1.54. The van der Waals surface area contributed by atoms with Gasteiger partial charge in [0.05, 0.1) is 24.4 Å². The average Bonchev–Trinajstić information content (AvgIpc) is 2.32. The number of hydrogen-bond acceptors (Lipinski definition) is 7. The zero-order chi connectivity index (χ0) is 15.0. The SMILES string of the molecule is CC(O)C(O)/C=C/C(=O)OC(=O)/C=C/C(O)C(C)O. The summed E-state index contributed by atoms with van der Waals surface area (Å²) in [6.07, 6.45) is -1.03. The molecule has 0 radical (unpaired) electrons. The zero-order valence-electron chi connectivity index (χ0n) is 10.6. The van der Waals surface area contributed by atoms with E-state index < -0.39 is 36.4 Å². The van der Waals surface area contributed by atoms with Crippen molar-refractivity contribution >= 4 is 11.9 Å². The van der Waals surface area contributed by atoms with Crippen LogP contribution in [0.4, 0.5) is 0 Å². The van der Waals surface area contributed by atoms with E-state index in [4.69, 9.17) is 20.4 Å². The number of hydrogen-bond donors (Lipinski definition) is 4. The van der Waals surface area contributed by atoms with Gasteiger partial charge < -0.3 is 25.2 Å². The summed E-state index contributed by atoms with van der Waals surface area (Å²) in [5.74, 6) is -2.05. The first kappa shape index (κ1) is 17.5. The van der Waals surface area contributed by atoms with Gasteiger partial charge in [0.25, 0.3) is 0 Å². The lowest BCUT2D eigenvalue weighted by atomic mass is 10.2. The number of aliphatic hydroxyl groups is 4. The summed E-state index contributed by atoms with van der Waals surface area (Å²) in [7, 11) is 0. The fourth-order valence-electron chi connectivity index (χ4n) is 0.843. The second kappa shape index (κ2) is 8.54. The molecule has 108 valence electrons. The lowest BCUT2D eigenvalue weighted by Crippen LogP contribution is -2.21. The van der Waals surface area contributed by atoms with Crippen LogP contribution >= 0.6 is 0 Å². The molecule has 0 aliphatic carbocycles. The van der Waals surface area contributed by atoms with Gasteiger partial charge in [-0.25, -0.2) is 9.59 Å². The smallest absolute Gasteiger partial charge is 0.338 e. The van der Waals surface area contributed by atoms with Crippen molar-refractivity contribution in [3.05, 3.63) is 24.3 Å². The van der Waals surface area contributed by atoms with Crippen molar-refractivity contribution in [1.29, 1.82) is 0 Å². The molecule has 4 atom stereocenters. The molecule has 4 N–H and O–H groups in total. The van der Waals surface area contributed by atoms with Crippen molar-refractivity contribution in [2.45, 2.75) is 38.3 Å². The topological polar surface area (TPSA) is 124 Å². The second-order valence-electron chi connectivity index (χ2n) is 3.92. The lowest BCUT2D eigenvalue weighted by Gasteiger charge is -2.07. The second-order valence-corrected chi connectivity index (χ2v) is 3.92. The van der Waals surface area contributed by atoms with Crippen molar-refractivity contribution in [3.63, 3.8) is 0 Å². The highest BCUT2D eigenvalue weighted by Crippen LogP contribution is 1.97. The van der Waals surface area contributed by atoms with Crippen molar-refractivity contribution < 1.29 is 34.8 Å². The molecule has 0 saturated carbocycles. The highest BCUT2D eigenvalue weighted by molar-refractivity contribution is 5.96. The summed E-state index contributed by atoms with van der Waals surface area (Å²) in [5.41, 5.74) is 0. The van der Waals surface area contributed by atoms with Crippen LogP contribution in [0.1, 0.15) is 13.8 Å². The minimum atomic E-state index is -1.24. The largest absolute Gasteiger partial charge is 0.390 e. The van der Waals surface area contributed by atoms with E-state index in [1.807, 2.05) is 0 Å². The first-order chi connectivity index (χ1) is 8.73. The van der Waals surface area contributed by atoms with Crippen LogP contribution < -0.4 is 0 Å². The van der Waals surface area contributed by atoms with Gasteiger partial charge in [-0.05, 0) is 26.0 Å². The monoisotopic (exact) mass is 274 g/mol. The Morgan fingerprint density at radius 1 is 0.842 bits per heavy atom. The summed E-state index contributed by atoms with van der Waals surface area (Å²) >= 11 is 0. The Kier molecular flexibility index (Phi) is 7.85. The van der Waals surface area contributed by atoms with E-state index in [0.29, 0.717) is 0 Å². The van der Waals surface area contributed by atoms with Crippen LogP contribution in [-0.2, 0) is 14.3 Å². The third kappa shape index (κ3) is 8.22. The van der Waals surface area contributed by atoms with Crippen LogP contribution in [0.25, 0.3) is 0 Å². The molecule has 0 heterocycles. The highest BCUT2D eigenvalue weighted by Gasteiger charge is 2.10. The first-order valence-corrected chi connectivity index (χ1v) is 5.58. The molecular weight excluding hydrogens is 256 g/mol. The molecule has 0 rings (SSSR count). The quantitative estimate of drug-likeness (QED) is 0.268. The molecule has 7 nitrogen and oxygen atoms in total. The number of ether oxygens (including phenoxy) is 1. The summed E-state index contributed by atoms with van der Waals surface area (Å²) in [5, 5.41) is 36.1. The molecule has 0 aliphatic heterocycles. The van der Waals surface area contributed by atoms with E-state index >= 15 is 0 Å². The number of rotatable bonds is 6. The number of esters is 2. The molecule has 7 heteroatoms. The van der Waals surface area contributed by atoms with Crippen molar-refractivity contribution in [2.75, 3.05) is 0 Å². The molecule has 4 unspecified atom stereocenters. The van der Waals surface area contributed by atoms with Crippen molar-refractivity contribution in [1.82, 2.24) is 0 Å². The molecule has 0 aromatic carbocycles. The summed E-state index contributed by atoms with van der Waals surface area (Å²) in [4.78, 5) is 22.2. The lowest BCUT2D eigenvalue weighted by molar-refractivity contribution is -0.152. The Balaban J connectivity index is 4.24. The van der Waals surface area contributed by atoms with Gasteiger partial charge in [-0.2, -0.15) is 0 Å². The highest BCUT2D eigenvalue weighted by atomic mass is 16.6. The molecule has 0 amide bonds. The summed E-state index contributed by atoms with van der Waals surface area (Å²) in [6.45, 7) is 2.65. The fraction of sp³-hybridized carbons (Fsp3) is 0.500. The van der Waals surface area contributed by atoms with E-state index in [-0.39, 0.29) is 0 Å². The van der Waals surface area contributed by atoms with Gasteiger partial charge in [-0.3, -0.25) is 0 Å². The van der Waals surface area contributed by atoms with Crippen LogP contribution in [0.3, 0.4) is 0 Å². The van der Waals surface area contributed by atoms with Crippen LogP contribution in [0, 0.1) is 0 Å². The number of aliphatic hydroxyl groups excluding tert-OH is 4. The van der Waals surface area contributed by atoms with Gasteiger partial charge in [0.15, 0.2) is 0 Å². The van der Waals surface area contributed by atoms with E-state index in [9.17, 15) is 9.59 Å². The van der Waals surface area contributed by atoms with E-state index in [2.05, 4.69) is 4.74 Å². The molecule has 0 aromatic rings. The van der Waals surface area contributed by atoms with E-state index in [0.717, 1.165) is 24.3 Å². The van der Waals surface area contributed by atoms with E-state index in [1.165, 1.54) is 13.8 Å². The molecule has 0 saturated heterocycles. The third-order valence-corrected chi connectivity index (χ3v) is 2.05. The number of carbonyl (C=O) groups is 2. The molecular formula is C12H18O7. The Morgan fingerprint density at radius 3 is 1.42 bits per heavy atom. The maximum absolute atomic E-state index is 11.1. The van der Waals surface area contributed by atoms with Crippen LogP contribution in [0.5, 0.6) is 0 Å². The maximum atomic E-state index is 11.1. The van der Waals surface area contributed by atoms with Gasteiger partial charge in [0.2, 0.25) is 0 Å². The Morgan fingerprint density at radius 2 is 1.16 bits per heavy atom. The standard InChI is InChI=1S/C12H18O7/c1-7(13)9(15)3-5-11(17)19-12(18)6-4-10(16)8(2)14/h3-10,13-16H,1-2H3/b5-3+,6-4+. The van der Waals surface area contributed by atoms with Crippen molar-refractivity contribution in [3.8, 4) is 0 Å². The van der Waals surface area contributed by atoms with E-state index in [1.54, 1.807) is 0 Å². The predicted molar refractivity (Wildman–Crippen MR) is 64.8 cm³/mol. The fourth-order valence-corrected chi connectivity index (χ4v) is 0.843. The van der Waals surface area contributed by atoms with Gasteiger partial charge >= 0.3 is 11.9 Å². The molecule has 0 aromatic heterocycles. The molecule has 0 aliphatic rings. The minimum absolute atomic E-state index is 0.800. The maximum Gasteiger partial charge on any atom is 0.338 e. The van der Waals surface area contributed by atoms with Gasteiger partial charge in [-0.1, -0.05) is 0 Å². The molecule has 0 spiro atoms. The van der Waals surface area contributed by atoms with Crippen LogP contribution in [-0.4, -0.2) is 56.8 Å². The van der Waals surface area contributed by atoms with Gasteiger partial charge in [-0.15, -0.1) is 0 Å². The zero-order valence-corrected chi connectivity index (χ0v) is 10.6. The summed E-state index contributed by atoms with van der Waals surface area (Å²) < 4.78 is 4.27.